The first kappa shape index (κ1) is 14.8. The molecule has 1 aliphatic heterocycles. The number of anilines is 1. The van der Waals surface area contributed by atoms with Gasteiger partial charge in [-0.25, -0.2) is 0 Å². The highest BCUT2D eigenvalue weighted by molar-refractivity contribution is 5.91. The van der Waals surface area contributed by atoms with Gasteiger partial charge in [0.05, 0.1) is 11.2 Å². The number of alkyl halides is 3. The molecule has 0 aliphatic carbocycles. The maximum absolute atomic E-state index is 12.4. The molecule has 0 bridgehead atoms. The Morgan fingerprint density at radius 2 is 1.95 bits per heavy atom. The Hall–Kier alpha value is -1.60. The summed E-state index contributed by atoms with van der Waals surface area (Å²) in [5.41, 5.74) is -0.777. The second kappa shape index (κ2) is 5.41. The summed E-state index contributed by atoms with van der Waals surface area (Å²) in [6.45, 7) is 3.12. The molecule has 0 radical (unpaired) electrons. The third-order valence-corrected chi connectivity index (χ3v) is 3.05. The largest absolute Gasteiger partial charge is 0.416 e. The van der Waals surface area contributed by atoms with E-state index >= 15 is 0 Å². The maximum atomic E-state index is 12.4. The smallest absolute Gasteiger partial charge is 0.363 e. The van der Waals surface area contributed by atoms with Gasteiger partial charge in [0.1, 0.15) is 6.61 Å². The van der Waals surface area contributed by atoms with Crippen molar-refractivity contribution in [1.29, 1.82) is 0 Å². The zero-order valence-electron chi connectivity index (χ0n) is 10.9. The van der Waals surface area contributed by atoms with Crippen LogP contribution in [-0.4, -0.2) is 31.2 Å². The van der Waals surface area contributed by atoms with Crippen molar-refractivity contribution in [3.05, 3.63) is 29.8 Å². The minimum atomic E-state index is -4.38. The lowest BCUT2D eigenvalue weighted by Gasteiger charge is -2.38. The molecule has 20 heavy (non-hydrogen) atoms. The van der Waals surface area contributed by atoms with Gasteiger partial charge in [-0.2, -0.15) is 13.2 Å². The summed E-state index contributed by atoms with van der Waals surface area (Å²) in [4.78, 5) is 11.6. The van der Waals surface area contributed by atoms with Crippen molar-refractivity contribution < 1.29 is 22.7 Å². The van der Waals surface area contributed by atoms with Crippen LogP contribution >= 0.6 is 0 Å². The first-order chi connectivity index (χ1) is 9.28. The van der Waals surface area contributed by atoms with Crippen molar-refractivity contribution in [2.45, 2.75) is 18.7 Å². The van der Waals surface area contributed by atoms with Gasteiger partial charge < -0.3 is 15.4 Å². The van der Waals surface area contributed by atoms with Crippen LogP contribution in [0.1, 0.15) is 12.5 Å². The van der Waals surface area contributed by atoms with E-state index in [1.807, 2.05) is 6.92 Å². The van der Waals surface area contributed by atoms with Gasteiger partial charge in [-0.1, -0.05) is 0 Å². The lowest BCUT2D eigenvalue weighted by atomic mass is 10.0. The van der Waals surface area contributed by atoms with Gasteiger partial charge in [0.25, 0.3) is 0 Å². The summed E-state index contributed by atoms with van der Waals surface area (Å²) in [7, 11) is 0. The molecule has 0 atom stereocenters. The molecule has 7 heteroatoms. The Bertz CT molecular complexity index is 481. The minimum Gasteiger partial charge on any atom is -0.363 e. The number of halogens is 3. The SMILES string of the molecule is CC1(OCC(=O)Nc2ccc(C(F)(F)F)cc2)CNC1. The van der Waals surface area contributed by atoms with Gasteiger partial charge >= 0.3 is 6.18 Å². The summed E-state index contributed by atoms with van der Waals surface area (Å²) in [6.07, 6.45) is -4.38. The molecule has 0 saturated carbocycles. The first-order valence-corrected chi connectivity index (χ1v) is 6.10. The number of carbonyl (C=O) groups excluding carboxylic acids is 1. The summed E-state index contributed by atoms with van der Waals surface area (Å²) >= 11 is 0. The molecule has 110 valence electrons. The van der Waals surface area contributed by atoms with E-state index in [-0.39, 0.29) is 12.2 Å². The van der Waals surface area contributed by atoms with E-state index in [1.165, 1.54) is 12.1 Å². The molecular formula is C13H15F3N2O2. The van der Waals surface area contributed by atoms with Crippen molar-refractivity contribution in [2.24, 2.45) is 0 Å². The summed E-state index contributed by atoms with van der Waals surface area (Å²) in [5, 5.41) is 5.52. The van der Waals surface area contributed by atoms with Gasteiger partial charge in [0.2, 0.25) is 5.91 Å². The molecule has 2 N–H and O–H groups in total. The Balaban J connectivity index is 1.85. The van der Waals surface area contributed by atoms with Crippen LogP contribution in [0.2, 0.25) is 0 Å². The number of ether oxygens (including phenoxy) is 1. The Kier molecular flexibility index (Phi) is 4.01. The molecule has 1 aromatic carbocycles. The van der Waals surface area contributed by atoms with Crippen LogP contribution in [0.25, 0.3) is 0 Å². The third-order valence-electron chi connectivity index (χ3n) is 3.05. The van der Waals surface area contributed by atoms with Crippen molar-refractivity contribution in [1.82, 2.24) is 5.32 Å². The fraction of sp³-hybridized carbons (Fsp3) is 0.462. The van der Waals surface area contributed by atoms with Crippen LogP contribution in [0.5, 0.6) is 0 Å². The predicted octanol–water partition coefficient (Wildman–Crippen LogP) is 2.02. The van der Waals surface area contributed by atoms with Crippen LogP contribution in [0.15, 0.2) is 24.3 Å². The first-order valence-electron chi connectivity index (χ1n) is 6.10. The molecule has 1 saturated heterocycles. The molecular weight excluding hydrogens is 273 g/mol. The number of carbonyl (C=O) groups is 1. The second-order valence-corrected chi connectivity index (χ2v) is 4.97. The number of nitrogens with one attached hydrogen (secondary N) is 2. The predicted molar refractivity (Wildman–Crippen MR) is 67.3 cm³/mol. The van der Waals surface area contributed by atoms with Gasteiger partial charge in [-0.05, 0) is 31.2 Å². The molecule has 1 heterocycles. The van der Waals surface area contributed by atoms with Crippen LogP contribution in [-0.2, 0) is 15.7 Å². The van der Waals surface area contributed by atoms with E-state index in [0.29, 0.717) is 18.8 Å². The molecule has 0 unspecified atom stereocenters. The quantitative estimate of drug-likeness (QED) is 0.891. The van der Waals surface area contributed by atoms with Gasteiger partial charge in [0.15, 0.2) is 0 Å². The topological polar surface area (TPSA) is 50.4 Å². The summed E-state index contributed by atoms with van der Waals surface area (Å²) in [5.74, 6) is -0.391. The van der Waals surface area contributed by atoms with E-state index in [9.17, 15) is 18.0 Å². The van der Waals surface area contributed by atoms with Crippen LogP contribution in [0.3, 0.4) is 0 Å². The standard InChI is InChI=1S/C13H15F3N2O2/c1-12(7-17-8-12)20-6-11(19)18-10-4-2-9(3-5-10)13(14,15)16/h2-5,17H,6-8H2,1H3,(H,18,19). The highest BCUT2D eigenvalue weighted by Crippen LogP contribution is 2.29. The minimum absolute atomic E-state index is 0.126. The van der Waals surface area contributed by atoms with E-state index in [1.54, 1.807) is 0 Å². The molecule has 1 amide bonds. The van der Waals surface area contributed by atoms with Gasteiger partial charge in [-0.15, -0.1) is 0 Å². The molecule has 2 rings (SSSR count). The van der Waals surface area contributed by atoms with E-state index in [0.717, 1.165) is 12.1 Å². The number of rotatable bonds is 4. The van der Waals surface area contributed by atoms with Gasteiger partial charge in [-0.3, -0.25) is 4.79 Å². The zero-order valence-corrected chi connectivity index (χ0v) is 10.9. The van der Waals surface area contributed by atoms with E-state index in [4.69, 9.17) is 4.74 Å². The lowest BCUT2D eigenvalue weighted by molar-refractivity contribution is -0.137. The highest BCUT2D eigenvalue weighted by atomic mass is 19.4. The second-order valence-electron chi connectivity index (χ2n) is 4.97. The number of hydrogen-bond donors (Lipinski definition) is 2. The van der Waals surface area contributed by atoms with Gasteiger partial charge in [0, 0.05) is 18.8 Å². The van der Waals surface area contributed by atoms with Crippen LogP contribution < -0.4 is 10.6 Å². The Morgan fingerprint density at radius 3 is 2.40 bits per heavy atom. The summed E-state index contributed by atoms with van der Waals surface area (Å²) < 4.78 is 42.5. The molecule has 1 fully saturated rings. The van der Waals surface area contributed by atoms with Crippen molar-refractivity contribution in [2.75, 3.05) is 25.0 Å². The summed E-state index contributed by atoms with van der Waals surface area (Å²) in [6, 6.07) is 4.28. The van der Waals surface area contributed by atoms with Crippen LogP contribution in [0, 0.1) is 0 Å². The highest BCUT2D eigenvalue weighted by Gasteiger charge is 2.33. The fourth-order valence-corrected chi connectivity index (χ4v) is 1.76. The zero-order chi connectivity index (χ0) is 14.8. The molecule has 0 aromatic heterocycles. The molecule has 4 nitrogen and oxygen atoms in total. The Morgan fingerprint density at radius 1 is 1.35 bits per heavy atom. The third kappa shape index (κ3) is 3.71. The lowest BCUT2D eigenvalue weighted by Crippen LogP contribution is -2.59. The van der Waals surface area contributed by atoms with Crippen LogP contribution in [0.4, 0.5) is 18.9 Å². The van der Waals surface area contributed by atoms with E-state index < -0.39 is 17.6 Å². The monoisotopic (exact) mass is 288 g/mol. The average Bonchev–Trinajstić information content (AvgIpc) is 2.33. The van der Waals surface area contributed by atoms with Crippen molar-refractivity contribution in [3.8, 4) is 0 Å². The van der Waals surface area contributed by atoms with Crippen molar-refractivity contribution >= 4 is 11.6 Å². The molecule has 1 aromatic rings. The fourth-order valence-electron chi connectivity index (χ4n) is 1.76. The normalized spacial score (nSPS) is 17.4. The molecule has 0 spiro atoms. The number of benzene rings is 1. The molecule has 1 aliphatic rings. The number of amides is 1. The maximum Gasteiger partial charge on any atom is 0.416 e. The Labute approximate surface area is 114 Å². The average molecular weight is 288 g/mol. The van der Waals surface area contributed by atoms with Crippen molar-refractivity contribution in [3.63, 3.8) is 0 Å². The number of hydrogen-bond acceptors (Lipinski definition) is 3. The van der Waals surface area contributed by atoms with E-state index in [2.05, 4.69) is 10.6 Å².